The molecule has 0 amide bonds. The van der Waals surface area contributed by atoms with Crippen molar-refractivity contribution in [1.29, 1.82) is 0 Å². The summed E-state index contributed by atoms with van der Waals surface area (Å²) in [5.74, 6) is 0.0538. The van der Waals surface area contributed by atoms with Gasteiger partial charge >= 0.3 is 0 Å². The molecule has 2 heteroatoms. The predicted octanol–water partition coefficient (Wildman–Crippen LogP) is 3.28. The lowest BCUT2D eigenvalue weighted by Gasteiger charge is -2.01. The van der Waals surface area contributed by atoms with Gasteiger partial charge in [0.15, 0.2) is 5.78 Å². The smallest absolute Gasteiger partial charge is 0.193 e. The zero-order valence-electron chi connectivity index (χ0n) is 10.8. The van der Waals surface area contributed by atoms with Crippen LogP contribution in [0, 0.1) is 0 Å². The lowest BCUT2D eigenvalue weighted by molar-refractivity contribution is 0.103. The summed E-state index contributed by atoms with van der Waals surface area (Å²) in [5, 5.41) is 0. The lowest BCUT2D eigenvalue weighted by Crippen LogP contribution is -2.00. The maximum atomic E-state index is 12.2. The Hall–Kier alpha value is -2.19. The number of hydrogen-bond donors (Lipinski definition) is 1. The van der Waals surface area contributed by atoms with Gasteiger partial charge in [0, 0.05) is 11.1 Å². The molecule has 2 aromatic rings. The third-order valence-electron chi connectivity index (χ3n) is 2.85. The van der Waals surface area contributed by atoms with Gasteiger partial charge < -0.3 is 5.73 Å². The van der Waals surface area contributed by atoms with Crippen molar-refractivity contribution in [2.75, 3.05) is 6.54 Å². The average molecular weight is 251 g/mol. The third-order valence-corrected chi connectivity index (χ3v) is 2.85. The van der Waals surface area contributed by atoms with E-state index < -0.39 is 0 Å². The molecular formula is C17H17NO. The minimum absolute atomic E-state index is 0.0538. The molecular weight excluding hydrogens is 234 g/mol. The van der Waals surface area contributed by atoms with E-state index >= 15 is 0 Å². The Morgan fingerprint density at radius 3 is 2.21 bits per heavy atom. The molecule has 0 aromatic heterocycles. The molecule has 0 spiro atoms. The molecule has 0 heterocycles. The summed E-state index contributed by atoms with van der Waals surface area (Å²) in [6.07, 6.45) is 4.92. The molecule has 2 N–H and O–H groups in total. The highest BCUT2D eigenvalue weighted by molar-refractivity contribution is 6.09. The zero-order valence-corrected chi connectivity index (χ0v) is 10.8. The van der Waals surface area contributed by atoms with Gasteiger partial charge in [0.05, 0.1) is 0 Å². The van der Waals surface area contributed by atoms with Crippen LogP contribution in [0.1, 0.15) is 27.9 Å². The van der Waals surface area contributed by atoms with Gasteiger partial charge in [0.1, 0.15) is 0 Å². The molecule has 2 nitrogen and oxygen atoms in total. The number of nitrogens with two attached hydrogens (primary N) is 1. The molecule has 19 heavy (non-hydrogen) atoms. The van der Waals surface area contributed by atoms with Gasteiger partial charge in [-0.1, -0.05) is 66.7 Å². The van der Waals surface area contributed by atoms with Crippen LogP contribution in [0.3, 0.4) is 0 Å². The summed E-state index contributed by atoms with van der Waals surface area (Å²) < 4.78 is 0. The molecule has 0 radical (unpaired) electrons. The minimum atomic E-state index is 0.0538. The van der Waals surface area contributed by atoms with Crippen LogP contribution in [-0.2, 0) is 0 Å². The number of rotatable bonds is 5. The van der Waals surface area contributed by atoms with Crippen molar-refractivity contribution in [2.24, 2.45) is 5.73 Å². The summed E-state index contributed by atoms with van der Waals surface area (Å²) in [6.45, 7) is 0.654. The van der Waals surface area contributed by atoms with Gasteiger partial charge in [-0.15, -0.1) is 0 Å². The van der Waals surface area contributed by atoms with E-state index in [0.717, 1.165) is 12.0 Å². The van der Waals surface area contributed by atoms with E-state index in [4.69, 9.17) is 5.73 Å². The summed E-state index contributed by atoms with van der Waals surface area (Å²) >= 11 is 0. The second-order valence-electron chi connectivity index (χ2n) is 4.30. The fraction of sp³-hybridized carbons (Fsp3) is 0.118. The molecule has 0 aliphatic rings. The van der Waals surface area contributed by atoms with Crippen molar-refractivity contribution in [3.63, 3.8) is 0 Å². The van der Waals surface area contributed by atoms with Crippen LogP contribution in [0.25, 0.3) is 6.08 Å². The number of carbonyl (C=O) groups is 1. The fourth-order valence-electron chi connectivity index (χ4n) is 1.82. The Morgan fingerprint density at radius 1 is 0.947 bits per heavy atom. The van der Waals surface area contributed by atoms with Crippen molar-refractivity contribution in [1.82, 2.24) is 0 Å². The Bertz CT molecular complexity index is 556. The first kappa shape index (κ1) is 13.2. The Labute approximate surface area is 113 Å². The van der Waals surface area contributed by atoms with Crippen LogP contribution in [0.5, 0.6) is 0 Å². The van der Waals surface area contributed by atoms with E-state index in [1.165, 1.54) is 0 Å². The first-order valence-corrected chi connectivity index (χ1v) is 6.37. The topological polar surface area (TPSA) is 43.1 Å². The first-order chi connectivity index (χ1) is 9.31. The van der Waals surface area contributed by atoms with E-state index in [0.29, 0.717) is 17.7 Å². The monoisotopic (exact) mass is 251 g/mol. The van der Waals surface area contributed by atoms with E-state index in [-0.39, 0.29) is 5.78 Å². The standard InChI is InChI=1S/C17H17NO/c18-13-5-4-6-14-9-11-16(12-10-14)17(19)15-7-2-1-3-8-15/h1-4,6-12H,5,13,18H2. The van der Waals surface area contributed by atoms with Crippen molar-refractivity contribution in [2.45, 2.75) is 6.42 Å². The second kappa shape index (κ2) is 6.66. The third kappa shape index (κ3) is 3.63. The van der Waals surface area contributed by atoms with Crippen LogP contribution < -0.4 is 5.73 Å². The number of benzene rings is 2. The van der Waals surface area contributed by atoms with Crippen LogP contribution in [0.15, 0.2) is 60.7 Å². The maximum Gasteiger partial charge on any atom is 0.193 e. The number of ketones is 1. The quantitative estimate of drug-likeness (QED) is 0.829. The lowest BCUT2D eigenvalue weighted by atomic mass is 10.0. The number of hydrogen-bond acceptors (Lipinski definition) is 2. The predicted molar refractivity (Wildman–Crippen MR) is 79.0 cm³/mol. The SMILES string of the molecule is NCCC=Cc1ccc(C(=O)c2ccccc2)cc1. The van der Waals surface area contributed by atoms with Gasteiger partial charge in [-0.2, -0.15) is 0 Å². The van der Waals surface area contributed by atoms with E-state index in [2.05, 4.69) is 0 Å². The fourth-order valence-corrected chi connectivity index (χ4v) is 1.82. The van der Waals surface area contributed by atoms with Crippen LogP contribution in [0.2, 0.25) is 0 Å². The van der Waals surface area contributed by atoms with Gasteiger partial charge in [0.2, 0.25) is 0 Å². The van der Waals surface area contributed by atoms with E-state index in [9.17, 15) is 4.79 Å². The molecule has 0 aliphatic heterocycles. The number of carbonyl (C=O) groups excluding carboxylic acids is 1. The van der Waals surface area contributed by atoms with E-state index in [1.807, 2.05) is 66.7 Å². The van der Waals surface area contributed by atoms with Gasteiger partial charge in [-0.3, -0.25) is 4.79 Å². The largest absolute Gasteiger partial charge is 0.330 e. The molecule has 0 bridgehead atoms. The van der Waals surface area contributed by atoms with Gasteiger partial charge in [0.25, 0.3) is 0 Å². The highest BCUT2D eigenvalue weighted by Gasteiger charge is 2.07. The van der Waals surface area contributed by atoms with Crippen LogP contribution in [0.4, 0.5) is 0 Å². The second-order valence-corrected chi connectivity index (χ2v) is 4.30. The average Bonchev–Trinajstić information content (AvgIpc) is 2.48. The van der Waals surface area contributed by atoms with Crippen molar-refractivity contribution >= 4 is 11.9 Å². The van der Waals surface area contributed by atoms with E-state index in [1.54, 1.807) is 0 Å². The molecule has 0 aliphatic carbocycles. The van der Waals surface area contributed by atoms with Crippen molar-refractivity contribution in [3.05, 3.63) is 77.4 Å². The first-order valence-electron chi connectivity index (χ1n) is 6.37. The van der Waals surface area contributed by atoms with Crippen molar-refractivity contribution in [3.8, 4) is 0 Å². The molecule has 0 atom stereocenters. The Balaban J connectivity index is 2.12. The summed E-state index contributed by atoms with van der Waals surface area (Å²) in [7, 11) is 0. The van der Waals surface area contributed by atoms with Crippen LogP contribution >= 0.6 is 0 Å². The minimum Gasteiger partial charge on any atom is -0.330 e. The summed E-state index contributed by atoms with van der Waals surface area (Å²) in [4.78, 5) is 12.2. The van der Waals surface area contributed by atoms with Gasteiger partial charge in [-0.05, 0) is 18.5 Å². The highest BCUT2D eigenvalue weighted by Crippen LogP contribution is 2.12. The zero-order chi connectivity index (χ0) is 13.5. The maximum absolute atomic E-state index is 12.2. The van der Waals surface area contributed by atoms with Gasteiger partial charge in [-0.25, -0.2) is 0 Å². The molecule has 0 saturated carbocycles. The highest BCUT2D eigenvalue weighted by atomic mass is 16.1. The normalized spacial score (nSPS) is 10.8. The molecule has 2 rings (SSSR count). The molecule has 0 saturated heterocycles. The Morgan fingerprint density at radius 2 is 1.58 bits per heavy atom. The molecule has 2 aromatic carbocycles. The molecule has 0 fully saturated rings. The summed E-state index contributed by atoms with van der Waals surface area (Å²) in [6, 6.07) is 16.9. The van der Waals surface area contributed by atoms with Crippen LogP contribution in [-0.4, -0.2) is 12.3 Å². The van der Waals surface area contributed by atoms with Crippen molar-refractivity contribution < 1.29 is 4.79 Å². The summed E-state index contributed by atoms with van der Waals surface area (Å²) in [5.41, 5.74) is 7.93. The molecule has 96 valence electrons. The molecule has 0 unspecified atom stereocenters. The Kier molecular flexibility index (Phi) is 4.65.